The van der Waals surface area contributed by atoms with Gasteiger partial charge in [0.1, 0.15) is 11.6 Å². The highest BCUT2D eigenvalue weighted by atomic mass is 16.3. The van der Waals surface area contributed by atoms with Gasteiger partial charge in [0.25, 0.3) is 0 Å². The highest BCUT2D eigenvalue weighted by molar-refractivity contribution is 5.73. The third-order valence-corrected chi connectivity index (χ3v) is 3.37. The molecule has 0 amide bonds. The minimum Gasteiger partial charge on any atom is -0.443 e. The molecule has 4 heteroatoms. The minimum absolute atomic E-state index is 0.601. The van der Waals surface area contributed by atoms with E-state index < -0.39 is 6.10 Å². The predicted octanol–water partition coefficient (Wildman–Crippen LogP) is 2.41. The standard InChI is InChI=1S/C16H16N2O2/c17-7-6-11-2-1-3-12(8-11)16(19)13-4-5-14-15(9-13)20-10-18-14/h1-5,8-10,16,19H,6-7,17H2. The second-order valence-electron chi connectivity index (χ2n) is 4.77. The molecule has 0 radical (unpaired) electrons. The molecule has 4 nitrogen and oxygen atoms in total. The molecule has 0 fully saturated rings. The fourth-order valence-corrected chi connectivity index (χ4v) is 2.32. The molecule has 0 saturated heterocycles. The van der Waals surface area contributed by atoms with Crippen LogP contribution in [0.4, 0.5) is 0 Å². The van der Waals surface area contributed by atoms with Gasteiger partial charge in [-0.1, -0.05) is 30.3 Å². The maximum atomic E-state index is 10.5. The summed E-state index contributed by atoms with van der Waals surface area (Å²) in [7, 11) is 0. The number of aliphatic hydroxyl groups is 1. The van der Waals surface area contributed by atoms with E-state index >= 15 is 0 Å². The van der Waals surface area contributed by atoms with Gasteiger partial charge in [-0.05, 0) is 41.8 Å². The van der Waals surface area contributed by atoms with E-state index in [1.165, 1.54) is 6.39 Å². The molecular formula is C16H16N2O2. The van der Waals surface area contributed by atoms with E-state index in [9.17, 15) is 5.11 Å². The largest absolute Gasteiger partial charge is 0.443 e. The first kappa shape index (κ1) is 12.8. The van der Waals surface area contributed by atoms with Crippen molar-refractivity contribution in [3.63, 3.8) is 0 Å². The summed E-state index contributed by atoms with van der Waals surface area (Å²) in [6.45, 7) is 0.601. The summed E-state index contributed by atoms with van der Waals surface area (Å²) in [6.07, 6.45) is 1.53. The van der Waals surface area contributed by atoms with E-state index in [1.54, 1.807) is 0 Å². The Morgan fingerprint density at radius 1 is 1.15 bits per heavy atom. The van der Waals surface area contributed by atoms with Crippen molar-refractivity contribution in [2.24, 2.45) is 5.73 Å². The van der Waals surface area contributed by atoms with Crippen molar-refractivity contribution in [1.29, 1.82) is 0 Å². The van der Waals surface area contributed by atoms with Gasteiger partial charge in [-0.25, -0.2) is 4.98 Å². The summed E-state index contributed by atoms with van der Waals surface area (Å²) in [5.41, 5.74) is 9.81. The van der Waals surface area contributed by atoms with Gasteiger partial charge in [-0.2, -0.15) is 0 Å². The van der Waals surface area contributed by atoms with Crippen molar-refractivity contribution in [3.8, 4) is 0 Å². The third kappa shape index (κ3) is 2.43. The first-order valence-corrected chi connectivity index (χ1v) is 6.58. The van der Waals surface area contributed by atoms with Crippen LogP contribution in [0.5, 0.6) is 0 Å². The number of benzene rings is 2. The molecule has 3 aromatic rings. The second-order valence-corrected chi connectivity index (χ2v) is 4.77. The summed E-state index contributed by atoms with van der Waals surface area (Å²) in [6, 6.07) is 13.4. The third-order valence-electron chi connectivity index (χ3n) is 3.37. The van der Waals surface area contributed by atoms with Crippen LogP contribution in [0.3, 0.4) is 0 Å². The van der Waals surface area contributed by atoms with Crippen LogP contribution in [-0.2, 0) is 6.42 Å². The average molecular weight is 268 g/mol. The van der Waals surface area contributed by atoms with Crippen LogP contribution >= 0.6 is 0 Å². The topological polar surface area (TPSA) is 72.3 Å². The van der Waals surface area contributed by atoms with Crippen molar-refractivity contribution in [2.45, 2.75) is 12.5 Å². The van der Waals surface area contributed by atoms with Gasteiger partial charge in [-0.15, -0.1) is 0 Å². The van der Waals surface area contributed by atoms with Crippen LogP contribution < -0.4 is 5.73 Å². The summed E-state index contributed by atoms with van der Waals surface area (Å²) >= 11 is 0. The monoisotopic (exact) mass is 268 g/mol. The SMILES string of the molecule is NCCc1cccc(C(O)c2ccc3ncoc3c2)c1. The maximum absolute atomic E-state index is 10.5. The van der Waals surface area contributed by atoms with Crippen molar-refractivity contribution in [3.05, 3.63) is 65.5 Å². The first-order chi connectivity index (χ1) is 9.78. The lowest BCUT2D eigenvalue weighted by molar-refractivity contribution is 0.220. The highest BCUT2D eigenvalue weighted by Crippen LogP contribution is 2.25. The molecule has 2 aromatic carbocycles. The molecule has 3 N–H and O–H groups in total. The number of fused-ring (bicyclic) bond motifs is 1. The summed E-state index contributed by atoms with van der Waals surface area (Å²) in [5.74, 6) is 0. The van der Waals surface area contributed by atoms with Crippen LogP contribution in [0.2, 0.25) is 0 Å². The zero-order valence-electron chi connectivity index (χ0n) is 11.0. The van der Waals surface area contributed by atoms with E-state index in [0.717, 1.165) is 28.6 Å². The van der Waals surface area contributed by atoms with Gasteiger partial charge in [0.15, 0.2) is 12.0 Å². The molecule has 1 heterocycles. The Labute approximate surface area is 116 Å². The quantitative estimate of drug-likeness (QED) is 0.762. The van der Waals surface area contributed by atoms with Crippen molar-refractivity contribution < 1.29 is 9.52 Å². The smallest absolute Gasteiger partial charge is 0.181 e. The maximum Gasteiger partial charge on any atom is 0.181 e. The molecule has 0 saturated carbocycles. The number of aliphatic hydroxyl groups excluding tert-OH is 1. The van der Waals surface area contributed by atoms with Crippen molar-refractivity contribution in [2.75, 3.05) is 6.54 Å². The van der Waals surface area contributed by atoms with Gasteiger partial charge in [-0.3, -0.25) is 0 Å². The Balaban J connectivity index is 1.94. The molecule has 102 valence electrons. The summed E-state index contributed by atoms with van der Waals surface area (Å²) in [4.78, 5) is 4.07. The Morgan fingerprint density at radius 3 is 2.85 bits per heavy atom. The zero-order chi connectivity index (χ0) is 13.9. The van der Waals surface area contributed by atoms with Crippen LogP contribution in [0, 0.1) is 0 Å². The molecule has 0 aliphatic rings. The number of nitrogens with zero attached hydrogens (tertiary/aromatic N) is 1. The van der Waals surface area contributed by atoms with E-state index in [0.29, 0.717) is 12.1 Å². The molecule has 0 aliphatic carbocycles. The normalized spacial score (nSPS) is 12.7. The minimum atomic E-state index is -0.678. The number of hydrogen-bond acceptors (Lipinski definition) is 4. The second kappa shape index (κ2) is 5.45. The van der Waals surface area contributed by atoms with Gasteiger partial charge < -0.3 is 15.3 Å². The van der Waals surface area contributed by atoms with Crippen molar-refractivity contribution >= 4 is 11.1 Å². The average Bonchev–Trinajstić information content (AvgIpc) is 2.94. The molecule has 1 atom stereocenters. The lowest BCUT2D eigenvalue weighted by Gasteiger charge is -2.12. The van der Waals surface area contributed by atoms with Gasteiger partial charge in [0.05, 0.1) is 0 Å². The van der Waals surface area contributed by atoms with Crippen LogP contribution in [0.25, 0.3) is 11.1 Å². The number of hydrogen-bond donors (Lipinski definition) is 2. The van der Waals surface area contributed by atoms with E-state index in [4.69, 9.17) is 10.2 Å². The van der Waals surface area contributed by atoms with E-state index in [2.05, 4.69) is 4.98 Å². The molecule has 1 aromatic heterocycles. The Bertz CT molecular complexity index is 721. The highest BCUT2D eigenvalue weighted by Gasteiger charge is 2.12. The molecule has 20 heavy (non-hydrogen) atoms. The van der Waals surface area contributed by atoms with Crippen molar-refractivity contribution in [1.82, 2.24) is 4.98 Å². The van der Waals surface area contributed by atoms with Crippen LogP contribution in [0.15, 0.2) is 53.3 Å². The first-order valence-electron chi connectivity index (χ1n) is 6.58. The molecule has 0 aliphatic heterocycles. The number of aromatic nitrogens is 1. The Hall–Kier alpha value is -2.17. The van der Waals surface area contributed by atoms with Gasteiger partial charge >= 0.3 is 0 Å². The Morgan fingerprint density at radius 2 is 2.00 bits per heavy atom. The number of rotatable bonds is 4. The number of nitrogens with two attached hydrogens (primary N) is 1. The Kier molecular flexibility index (Phi) is 3.50. The molecular weight excluding hydrogens is 252 g/mol. The fraction of sp³-hybridized carbons (Fsp3) is 0.188. The lowest BCUT2D eigenvalue weighted by atomic mass is 9.98. The molecule has 0 spiro atoms. The summed E-state index contributed by atoms with van der Waals surface area (Å²) < 4.78 is 5.27. The summed E-state index contributed by atoms with van der Waals surface area (Å²) in [5, 5.41) is 10.5. The van der Waals surface area contributed by atoms with Gasteiger partial charge in [0, 0.05) is 0 Å². The fourth-order valence-electron chi connectivity index (χ4n) is 2.32. The van der Waals surface area contributed by atoms with E-state index in [1.807, 2.05) is 42.5 Å². The molecule has 1 unspecified atom stereocenters. The lowest BCUT2D eigenvalue weighted by Crippen LogP contribution is -2.04. The van der Waals surface area contributed by atoms with Gasteiger partial charge in [0.2, 0.25) is 0 Å². The van der Waals surface area contributed by atoms with E-state index in [-0.39, 0.29) is 0 Å². The van der Waals surface area contributed by atoms with Crippen LogP contribution in [-0.4, -0.2) is 16.6 Å². The molecule has 0 bridgehead atoms. The molecule has 3 rings (SSSR count). The zero-order valence-corrected chi connectivity index (χ0v) is 11.0. The van der Waals surface area contributed by atoms with Crippen LogP contribution in [0.1, 0.15) is 22.8 Å². The predicted molar refractivity (Wildman–Crippen MR) is 77.3 cm³/mol. The number of oxazole rings is 1.